The fraction of sp³-hybridized carbons (Fsp3) is 0.314. The second-order valence-corrected chi connectivity index (χ2v) is 13.3. The Hall–Kier alpha value is -1.12. The van der Waals surface area contributed by atoms with E-state index >= 15 is 0 Å². The third kappa shape index (κ3) is 10.2. The number of aromatic nitrogens is 1. The van der Waals surface area contributed by atoms with Crippen LogP contribution in [0.2, 0.25) is 5.02 Å². The monoisotopic (exact) mass is 633 g/mol. The van der Waals surface area contributed by atoms with Gasteiger partial charge in [-0.05, 0) is 91.5 Å². The minimum absolute atomic E-state index is 0. The Morgan fingerprint density at radius 1 is 1.02 bits per heavy atom. The number of aliphatic carboxylic acids is 1. The maximum atomic E-state index is 11.5. The summed E-state index contributed by atoms with van der Waals surface area (Å²) < 4.78 is 0. The third-order valence-electron chi connectivity index (χ3n) is 7.83. The van der Waals surface area contributed by atoms with E-state index in [0.717, 1.165) is 64.7 Å². The van der Waals surface area contributed by atoms with E-state index in [-0.39, 0.29) is 76.2 Å². The van der Waals surface area contributed by atoms with Crippen LogP contribution in [-0.2, 0) is 16.8 Å². The van der Waals surface area contributed by atoms with Gasteiger partial charge in [-0.15, -0.1) is 0 Å². The quantitative estimate of drug-likeness (QED) is 0.157. The van der Waals surface area contributed by atoms with Crippen LogP contribution in [0, 0.1) is 5.41 Å². The summed E-state index contributed by atoms with van der Waals surface area (Å²) in [6.07, 6.45) is 8.02. The molecule has 1 unspecified atom stereocenters. The number of aryl methyl sites for hydroxylation is 1. The fourth-order valence-electron chi connectivity index (χ4n) is 5.36. The average Bonchev–Trinajstić information content (AvgIpc) is 3.70. The fourth-order valence-corrected chi connectivity index (χ4v) is 7.09. The second kappa shape index (κ2) is 15.9. The van der Waals surface area contributed by atoms with Gasteiger partial charge < -0.3 is 10.2 Å². The molecule has 8 heteroatoms. The number of rotatable bonds is 12. The zero-order valence-corrected chi connectivity index (χ0v) is 25.1. The molecule has 43 heavy (non-hydrogen) atoms. The van der Waals surface area contributed by atoms with Crippen molar-refractivity contribution in [3.05, 3.63) is 112 Å². The molecule has 1 aliphatic carbocycles. The Labute approximate surface area is 308 Å². The van der Waals surface area contributed by atoms with E-state index in [1.807, 2.05) is 74.1 Å². The molecule has 0 aliphatic heterocycles. The predicted molar refractivity (Wildman–Crippen MR) is 186 cm³/mol. The molecule has 1 fully saturated rings. The number of halogens is 1. The summed E-state index contributed by atoms with van der Waals surface area (Å²) in [4.78, 5) is 16.2. The molecule has 0 saturated heterocycles. The molecule has 0 spiro atoms. The number of hydrogen-bond donors (Lipinski definition) is 2. The molecule has 3 aromatic carbocycles. The molecule has 2 N–H and O–H groups in total. The SMILES string of the molecule is CC(C)(O)c1ccccc1CCC(SCC1(CC(=O)O)CC1)c1cccc(/C=C/c2ccc3ccc(Cl)cc3n2)c1.[NaH].[NaH]. The molecule has 0 radical (unpaired) electrons. The van der Waals surface area contributed by atoms with Crippen LogP contribution < -0.4 is 0 Å². The minimum atomic E-state index is -0.911. The van der Waals surface area contributed by atoms with Crippen LogP contribution in [0.1, 0.15) is 72.7 Å². The van der Waals surface area contributed by atoms with Gasteiger partial charge in [0.2, 0.25) is 0 Å². The molecule has 1 aromatic heterocycles. The Morgan fingerprint density at radius 2 is 1.77 bits per heavy atom. The summed E-state index contributed by atoms with van der Waals surface area (Å²) in [5, 5.41) is 22.1. The van der Waals surface area contributed by atoms with Gasteiger partial charge in [0.15, 0.2) is 0 Å². The topological polar surface area (TPSA) is 70.4 Å². The van der Waals surface area contributed by atoms with Gasteiger partial charge in [0.25, 0.3) is 0 Å². The van der Waals surface area contributed by atoms with Crippen LogP contribution in [0.25, 0.3) is 23.1 Å². The van der Waals surface area contributed by atoms with E-state index in [2.05, 4.69) is 42.5 Å². The first-order valence-electron chi connectivity index (χ1n) is 14.1. The molecular weight excluding hydrogens is 596 g/mol. The standard InChI is InChI=1S/C35H36ClNO3S.2Na.2H/c1-34(2,40)30-9-4-3-7-25(30)13-17-32(41-23-35(18-19-35)22-33(38)39)27-8-5-6-24(20-27)10-15-29-16-12-26-11-14-28(36)21-31(26)37-29;;;;/h3-12,14-16,20-21,32,40H,13,17-19,22-23H2,1-2H3,(H,38,39);;;;/b15-10+;;;;. The van der Waals surface area contributed by atoms with E-state index in [4.69, 9.17) is 16.6 Å². The zero-order chi connectivity index (χ0) is 29.0. The van der Waals surface area contributed by atoms with E-state index in [1.165, 1.54) is 5.56 Å². The number of fused-ring (bicyclic) bond motifs is 1. The zero-order valence-electron chi connectivity index (χ0n) is 23.5. The Morgan fingerprint density at radius 3 is 2.49 bits per heavy atom. The van der Waals surface area contributed by atoms with Crippen LogP contribution in [-0.4, -0.2) is 86.0 Å². The van der Waals surface area contributed by atoms with E-state index < -0.39 is 11.6 Å². The van der Waals surface area contributed by atoms with Crippen LogP contribution in [0.15, 0.2) is 78.9 Å². The number of carboxylic acids is 1. The van der Waals surface area contributed by atoms with Gasteiger partial charge in [-0.3, -0.25) is 4.79 Å². The Balaban J connectivity index is 0.00000253. The molecule has 1 aliphatic rings. The van der Waals surface area contributed by atoms with Gasteiger partial charge in [0, 0.05) is 21.4 Å². The first-order valence-corrected chi connectivity index (χ1v) is 15.5. The Kier molecular flexibility index (Phi) is 13.5. The predicted octanol–water partition coefficient (Wildman–Crippen LogP) is 7.65. The average molecular weight is 634 g/mol. The van der Waals surface area contributed by atoms with Crippen molar-refractivity contribution < 1.29 is 15.0 Å². The summed E-state index contributed by atoms with van der Waals surface area (Å²) in [6, 6.07) is 26.5. The molecule has 1 heterocycles. The van der Waals surface area contributed by atoms with E-state index in [9.17, 15) is 15.0 Å². The van der Waals surface area contributed by atoms with Crippen molar-refractivity contribution in [1.82, 2.24) is 4.98 Å². The second-order valence-electron chi connectivity index (χ2n) is 11.7. The molecule has 1 saturated carbocycles. The van der Waals surface area contributed by atoms with Gasteiger partial charge in [-0.2, -0.15) is 11.8 Å². The van der Waals surface area contributed by atoms with Crippen LogP contribution >= 0.6 is 23.4 Å². The summed E-state index contributed by atoms with van der Waals surface area (Å²) in [7, 11) is 0. The number of thioether (sulfide) groups is 1. The van der Waals surface area contributed by atoms with Crippen molar-refractivity contribution in [2.24, 2.45) is 5.41 Å². The Bertz CT molecular complexity index is 1580. The third-order valence-corrected chi connectivity index (χ3v) is 9.76. The number of aliphatic hydroxyl groups is 1. The molecular formula is C35H38ClNNa2O3S. The molecule has 5 rings (SSSR count). The summed E-state index contributed by atoms with van der Waals surface area (Å²) in [6.45, 7) is 3.66. The van der Waals surface area contributed by atoms with Crippen molar-refractivity contribution in [3.63, 3.8) is 0 Å². The van der Waals surface area contributed by atoms with Crippen molar-refractivity contribution in [1.29, 1.82) is 0 Å². The summed E-state index contributed by atoms with van der Waals surface area (Å²) >= 11 is 8.04. The maximum absolute atomic E-state index is 11.5. The van der Waals surface area contributed by atoms with E-state index in [0.29, 0.717) is 5.02 Å². The normalized spacial score (nSPS) is 14.6. The van der Waals surface area contributed by atoms with Gasteiger partial charge in [0.05, 0.1) is 23.2 Å². The molecule has 1 atom stereocenters. The molecule has 4 aromatic rings. The van der Waals surface area contributed by atoms with Crippen LogP contribution in [0.5, 0.6) is 0 Å². The first-order chi connectivity index (χ1) is 19.6. The van der Waals surface area contributed by atoms with Crippen molar-refractivity contribution >= 4 is 112 Å². The van der Waals surface area contributed by atoms with Crippen molar-refractivity contribution in [3.8, 4) is 0 Å². The summed E-state index contributed by atoms with van der Waals surface area (Å²) in [5.74, 6) is 0.122. The van der Waals surface area contributed by atoms with Crippen LogP contribution in [0.3, 0.4) is 0 Å². The number of carboxylic acid groups (broad SMARTS) is 1. The van der Waals surface area contributed by atoms with E-state index in [1.54, 1.807) is 0 Å². The molecule has 0 bridgehead atoms. The van der Waals surface area contributed by atoms with Gasteiger partial charge in [-0.1, -0.05) is 78.3 Å². The number of pyridine rings is 1. The van der Waals surface area contributed by atoms with Gasteiger partial charge in [0.1, 0.15) is 0 Å². The van der Waals surface area contributed by atoms with Gasteiger partial charge >= 0.3 is 65.1 Å². The number of carbonyl (C=O) groups is 1. The van der Waals surface area contributed by atoms with Crippen molar-refractivity contribution in [2.75, 3.05) is 5.75 Å². The molecule has 4 nitrogen and oxygen atoms in total. The van der Waals surface area contributed by atoms with Crippen LogP contribution in [0.4, 0.5) is 0 Å². The summed E-state index contributed by atoms with van der Waals surface area (Å²) in [5.41, 5.74) is 5.15. The number of benzene rings is 3. The first kappa shape index (κ1) is 36.3. The molecule has 216 valence electrons. The number of nitrogens with zero attached hydrogens (tertiary/aromatic N) is 1. The van der Waals surface area contributed by atoms with Gasteiger partial charge in [-0.25, -0.2) is 4.98 Å². The number of hydrogen-bond acceptors (Lipinski definition) is 4. The van der Waals surface area contributed by atoms with Crippen molar-refractivity contribution in [2.45, 2.75) is 56.8 Å². The molecule has 0 amide bonds.